The maximum Gasteiger partial charge on any atom is 0.150 e. The summed E-state index contributed by atoms with van der Waals surface area (Å²) in [6.07, 6.45) is 7.84. The minimum Gasteiger partial charge on any atom is -0.238 e. The molecule has 0 spiro atoms. The minimum absolute atomic E-state index is 0.224. The van der Waals surface area contributed by atoms with Crippen LogP contribution in [0.4, 0.5) is 0 Å². The van der Waals surface area contributed by atoms with Crippen LogP contribution in [-0.2, 0) is 0 Å². The monoisotopic (exact) mass is 238 g/mol. The van der Waals surface area contributed by atoms with Gasteiger partial charge in [0, 0.05) is 16.8 Å². The van der Waals surface area contributed by atoms with E-state index in [4.69, 9.17) is 5.26 Å². The van der Waals surface area contributed by atoms with Crippen molar-refractivity contribution in [2.45, 2.75) is 41.7 Å². The van der Waals surface area contributed by atoms with Crippen LogP contribution in [0.1, 0.15) is 32.1 Å². The Labute approximate surface area is 98.7 Å². The van der Waals surface area contributed by atoms with E-state index in [1.54, 1.807) is 23.1 Å². The number of aromatic nitrogens is 1. The predicted molar refractivity (Wildman–Crippen MR) is 63.9 cm³/mol. The Morgan fingerprint density at radius 2 is 2.27 bits per heavy atom. The molecule has 2 atom stereocenters. The van der Waals surface area contributed by atoms with Gasteiger partial charge in [0.15, 0.2) is 0 Å². The maximum atomic E-state index is 9.13. The van der Waals surface area contributed by atoms with Gasteiger partial charge in [0.1, 0.15) is 4.34 Å². The number of hydrogen-bond acceptors (Lipinski definition) is 4. The summed E-state index contributed by atoms with van der Waals surface area (Å²) in [5.74, 6) is 0.224. The second kappa shape index (κ2) is 5.53. The van der Waals surface area contributed by atoms with Gasteiger partial charge in [-0.15, -0.1) is 11.3 Å². The Kier molecular flexibility index (Phi) is 4.04. The topological polar surface area (TPSA) is 36.7 Å². The van der Waals surface area contributed by atoms with Crippen molar-refractivity contribution in [1.82, 2.24) is 4.98 Å². The smallest absolute Gasteiger partial charge is 0.150 e. The van der Waals surface area contributed by atoms with E-state index >= 15 is 0 Å². The molecule has 1 aliphatic carbocycles. The molecule has 1 saturated carbocycles. The van der Waals surface area contributed by atoms with Crippen LogP contribution in [0.15, 0.2) is 15.9 Å². The molecule has 0 N–H and O–H groups in total. The average Bonchev–Trinajstić information content (AvgIpc) is 2.64. The lowest BCUT2D eigenvalue weighted by Crippen LogP contribution is -2.13. The fraction of sp³-hybridized carbons (Fsp3) is 0.636. The van der Waals surface area contributed by atoms with Gasteiger partial charge in [0.05, 0.1) is 12.0 Å². The van der Waals surface area contributed by atoms with E-state index < -0.39 is 0 Å². The van der Waals surface area contributed by atoms with Gasteiger partial charge < -0.3 is 0 Å². The molecule has 1 aliphatic rings. The first-order chi connectivity index (χ1) is 7.40. The highest BCUT2D eigenvalue weighted by Gasteiger charge is 2.24. The third-order valence-electron chi connectivity index (χ3n) is 2.78. The van der Waals surface area contributed by atoms with Gasteiger partial charge in [-0.25, -0.2) is 4.98 Å². The first-order valence-electron chi connectivity index (χ1n) is 5.36. The first kappa shape index (κ1) is 11.0. The Balaban J connectivity index is 2.01. The molecule has 2 nitrogen and oxygen atoms in total. The van der Waals surface area contributed by atoms with Gasteiger partial charge in [-0.05, 0) is 12.8 Å². The second-order valence-electron chi connectivity index (χ2n) is 3.83. The normalized spacial score (nSPS) is 26.9. The van der Waals surface area contributed by atoms with Crippen molar-refractivity contribution in [2.75, 3.05) is 0 Å². The van der Waals surface area contributed by atoms with E-state index in [-0.39, 0.29) is 5.92 Å². The van der Waals surface area contributed by atoms with E-state index in [2.05, 4.69) is 11.1 Å². The SMILES string of the molecule is N#CC1CCCCCC1Sc1nccs1. The van der Waals surface area contributed by atoms with Gasteiger partial charge >= 0.3 is 0 Å². The first-order valence-corrected chi connectivity index (χ1v) is 7.12. The Bertz CT molecular complexity index is 329. The quantitative estimate of drug-likeness (QED) is 0.737. The Morgan fingerprint density at radius 3 is 3.00 bits per heavy atom. The highest BCUT2D eigenvalue weighted by atomic mass is 32.2. The molecule has 0 saturated heterocycles. The van der Waals surface area contributed by atoms with Crippen molar-refractivity contribution in [2.24, 2.45) is 5.92 Å². The van der Waals surface area contributed by atoms with Gasteiger partial charge in [-0.3, -0.25) is 0 Å². The molecule has 1 heterocycles. The van der Waals surface area contributed by atoms with Crippen LogP contribution in [0.2, 0.25) is 0 Å². The molecular weight excluding hydrogens is 224 g/mol. The Hall–Kier alpha value is -0.530. The molecule has 80 valence electrons. The molecule has 0 amide bonds. The van der Waals surface area contributed by atoms with Gasteiger partial charge in [-0.1, -0.05) is 31.0 Å². The molecule has 0 aliphatic heterocycles. The second-order valence-corrected chi connectivity index (χ2v) is 6.21. The highest BCUT2D eigenvalue weighted by Crippen LogP contribution is 2.36. The number of thiazole rings is 1. The summed E-state index contributed by atoms with van der Waals surface area (Å²) >= 11 is 3.48. The zero-order chi connectivity index (χ0) is 10.5. The number of nitrogens with zero attached hydrogens (tertiary/aromatic N) is 2. The molecule has 0 bridgehead atoms. The summed E-state index contributed by atoms with van der Waals surface area (Å²) in [7, 11) is 0. The van der Waals surface area contributed by atoms with E-state index in [0.29, 0.717) is 5.25 Å². The molecule has 1 aromatic heterocycles. The van der Waals surface area contributed by atoms with Crippen molar-refractivity contribution in [3.05, 3.63) is 11.6 Å². The standard InChI is InChI=1S/C11H14N2S2/c12-8-9-4-2-1-3-5-10(9)15-11-13-6-7-14-11/h6-7,9-10H,1-5H2. The van der Waals surface area contributed by atoms with E-state index in [1.807, 2.05) is 11.6 Å². The molecule has 2 unspecified atom stereocenters. The summed E-state index contributed by atoms with van der Waals surface area (Å²) < 4.78 is 1.11. The van der Waals surface area contributed by atoms with Crippen LogP contribution in [-0.4, -0.2) is 10.2 Å². The van der Waals surface area contributed by atoms with Gasteiger partial charge in [0.2, 0.25) is 0 Å². The highest BCUT2D eigenvalue weighted by molar-refractivity contribution is 8.01. The van der Waals surface area contributed by atoms with Gasteiger partial charge in [-0.2, -0.15) is 5.26 Å². The summed E-state index contributed by atoms with van der Waals surface area (Å²) in [6, 6.07) is 2.46. The fourth-order valence-corrected chi connectivity index (χ4v) is 4.11. The van der Waals surface area contributed by atoms with E-state index in [9.17, 15) is 0 Å². The molecule has 4 heteroatoms. The molecule has 0 radical (unpaired) electrons. The van der Waals surface area contributed by atoms with Gasteiger partial charge in [0.25, 0.3) is 0 Å². The fourth-order valence-electron chi connectivity index (χ4n) is 1.96. The molecule has 15 heavy (non-hydrogen) atoms. The molecule has 1 fully saturated rings. The van der Waals surface area contributed by atoms with Crippen LogP contribution < -0.4 is 0 Å². The number of thioether (sulfide) groups is 1. The molecule has 2 rings (SSSR count). The molecule has 0 aromatic carbocycles. The number of nitriles is 1. The minimum atomic E-state index is 0.224. The lowest BCUT2D eigenvalue weighted by molar-refractivity contribution is 0.585. The van der Waals surface area contributed by atoms with E-state index in [1.165, 1.54) is 25.7 Å². The van der Waals surface area contributed by atoms with Crippen LogP contribution in [0.25, 0.3) is 0 Å². The predicted octanol–water partition coefficient (Wildman–Crippen LogP) is 3.71. The van der Waals surface area contributed by atoms with Crippen molar-refractivity contribution in [3.63, 3.8) is 0 Å². The lowest BCUT2D eigenvalue weighted by Gasteiger charge is -2.16. The summed E-state index contributed by atoms with van der Waals surface area (Å²) in [4.78, 5) is 4.28. The average molecular weight is 238 g/mol. The summed E-state index contributed by atoms with van der Waals surface area (Å²) in [6.45, 7) is 0. The zero-order valence-corrected chi connectivity index (χ0v) is 10.2. The summed E-state index contributed by atoms with van der Waals surface area (Å²) in [5, 5.41) is 11.6. The molecule has 1 aromatic rings. The Morgan fingerprint density at radius 1 is 1.40 bits per heavy atom. The third kappa shape index (κ3) is 2.96. The van der Waals surface area contributed by atoms with Crippen molar-refractivity contribution < 1.29 is 0 Å². The number of hydrogen-bond donors (Lipinski definition) is 0. The van der Waals surface area contributed by atoms with Crippen LogP contribution in [0, 0.1) is 17.2 Å². The van der Waals surface area contributed by atoms with Crippen molar-refractivity contribution in [1.29, 1.82) is 5.26 Å². The molecular formula is C11H14N2S2. The van der Waals surface area contributed by atoms with Crippen LogP contribution in [0.5, 0.6) is 0 Å². The lowest BCUT2D eigenvalue weighted by atomic mass is 10.0. The van der Waals surface area contributed by atoms with Crippen molar-refractivity contribution in [3.8, 4) is 6.07 Å². The van der Waals surface area contributed by atoms with Crippen LogP contribution >= 0.6 is 23.1 Å². The zero-order valence-electron chi connectivity index (χ0n) is 8.56. The summed E-state index contributed by atoms with van der Waals surface area (Å²) in [5.41, 5.74) is 0. The maximum absolute atomic E-state index is 9.13. The van der Waals surface area contributed by atoms with Crippen LogP contribution in [0.3, 0.4) is 0 Å². The number of rotatable bonds is 2. The third-order valence-corrected chi connectivity index (χ3v) is 5.10. The van der Waals surface area contributed by atoms with Crippen molar-refractivity contribution >= 4 is 23.1 Å². The van der Waals surface area contributed by atoms with E-state index in [0.717, 1.165) is 10.8 Å². The largest absolute Gasteiger partial charge is 0.238 e.